The highest BCUT2D eigenvalue weighted by Gasteiger charge is 2.21. The van der Waals surface area contributed by atoms with Crippen LogP contribution in [0.5, 0.6) is 0 Å². The molecule has 0 bridgehead atoms. The predicted octanol–water partition coefficient (Wildman–Crippen LogP) is 8.24. The lowest BCUT2D eigenvalue weighted by molar-refractivity contribution is 0.254. The van der Waals surface area contributed by atoms with Crippen LogP contribution >= 0.6 is 0 Å². The maximum absolute atomic E-state index is 14.6. The van der Waals surface area contributed by atoms with Gasteiger partial charge in [-0.3, -0.25) is 0 Å². The third kappa shape index (κ3) is 6.69. The quantitative estimate of drug-likeness (QED) is 0.312. The molecular formula is C28H38F2. The summed E-state index contributed by atoms with van der Waals surface area (Å²) in [4.78, 5) is 0. The number of aryl methyl sites for hydroxylation is 1. The Bertz CT molecular complexity index is 715. The molecular weight excluding hydrogens is 374 g/mol. The fourth-order valence-corrected chi connectivity index (χ4v) is 5.31. The van der Waals surface area contributed by atoms with Crippen molar-refractivity contribution in [2.75, 3.05) is 0 Å². The van der Waals surface area contributed by atoms with Gasteiger partial charge in [-0.2, -0.15) is 0 Å². The maximum atomic E-state index is 14.6. The first-order valence-electron chi connectivity index (χ1n) is 12.2. The van der Waals surface area contributed by atoms with Gasteiger partial charge >= 0.3 is 0 Å². The summed E-state index contributed by atoms with van der Waals surface area (Å²) in [6.45, 7) is 6.05. The van der Waals surface area contributed by atoms with Crippen LogP contribution in [-0.4, -0.2) is 0 Å². The Morgan fingerprint density at radius 1 is 0.900 bits per heavy atom. The van der Waals surface area contributed by atoms with E-state index in [0.717, 1.165) is 49.5 Å². The third-order valence-corrected chi connectivity index (χ3v) is 7.51. The van der Waals surface area contributed by atoms with E-state index in [2.05, 4.69) is 25.3 Å². The molecule has 0 unspecified atom stereocenters. The van der Waals surface area contributed by atoms with E-state index >= 15 is 0 Å². The largest absolute Gasteiger partial charge is 0.206 e. The average Bonchev–Trinajstić information content (AvgIpc) is 2.77. The molecule has 0 amide bonds. The second-order valence-corrected chi connectivity index (χ2v) is 9.62. The number of allylic oxidation sites excluding steroid dienone is 1. The summed E-state index contributed by atoms with van der Waals surface area (Å²) >= 11 is 0. The van der Waals surface area contributed by atoms with Gasteiger partial charge in [0.2, 0.25) is 0 Å². The highest BCUT2D eigenvalue weighted by molar-refractivity contribution is 5.39. The predicted molar refractivity (Wildman–Crippen MR) is 122 cm³/mol. The minimum Gasteiger partial charge on any atom is -0.206 e. The van der Waals surface area contributed by atoms with Crippen LogP contribution < -0.4 is 0 Å². The van der Waals surface area contributed by atoms with Gasteiger partial charge in [0.05, 0.1) is 5.56 Å². The van der Waals surface area contributed by atoms with E-state index in [1.165, 1.54) is 63.5 Å². The minimum atomic E-state index is -0.493. The van der Waals surface area contributed by atoms with Crippen LogP contribution in [0, 0.1) is 47.1 Å². The maximum Gasteiger partial charge on any atom is 0.142 e. The molecule has 0 radical (unpaired) electrons. The molecule has 0 saturated heterocycles. The fourth-order valence-electron chi connectivity index (χ4n) is 5.31. The summed E-state index contributed by atoms with van der Waals surface area (Å²) in [5.41, 5.74) is 0.729. The fraction of sp³-hybridized carbons (Fsp3) is 0.643. The van der Waals surface area contributed by atoms with Crippen LogP contribution in [0.15, 0.2) is 24.8 Å². The first-order valence-corrected chi connectivity index (χ1v) is 12.2. The van der Waals surface area contributed by atoms with Gasteiger partial charge in [-0.15, -0.1) is 6.58 Å². The molecule has 30 heavy (non-hydrogen) atoms. The van der Waals surface area contributed by atoms with Crippen molar-refractivity contribution in [3.8, 4) is 11.8 Å². The number of hydrogen-bond acceptors (Lipinski definition) is 0. The molecule has 2 aliphatic carbocycles. The van der Waals surface area contributed by atoms with Crippen molar-refractivity contribution < 1.29 is 8.78 Å². The number of rotatable bonds is 7. The Labute approximate surface area is 182 Å². The topological polar surface area (TPSA) is 0 Å². The molecule has 0 heterocycles. The Hall–Kier alpha value is -1.62. The molecule has 0 N–H and O–H groups in total. The van der Waals surface area contributed by atoms with Crippen molar-refractivity contribution in [1.29, 1.82) is 0 Å². The van der Waals surface area contributed by atoms with E-state index in [-0.39, 0.29) is 11.5 Å². The van der Waals surface area contributed by atoms with E-state index in [4.69, 9.17) is 0 Å². The van der Waals surface area contributed by atoms with Gasteiger partial charge in [0.25, 0.3) is 0 Å². The number of halogens is 2. The summed E-state index contributed by atoms with van der Waals surface area (Å²) in [6, 6.07) is 3.02. The summed E-state index contributed by atoms with van der Waals surface area (Å²) in [7, 11) is 0. The monoisotopic (exact) mass is 412 g/mol. The third-order valence-electron chi connectivity index (χ3n) is 7.51. The molecule has 0 atom stereocenters. The van der Waals surface area contributed by atoms with Crippen molar-refractivity contribution in [1.82, 2.24) is 0 Å². The SMILES string of the molecule is C=CCC[C@H]1CC[C@H](CCc2cc(F)c(C#C[C@H]3CC[C@H](CC)CC3)c(F)c2)CC1. The number of benzene rings is 1. The van der Waals surface area contributed by atoms with Gasteiger partial charge < -0.3 is 0 Å². The highest BCUT2D eigenvalue weighted by Crippen LogP contribution is 2.34. The van der Waals surface area contributed by atoms with Gasteiger partial charge in [0.15, 0.2) is 0 Å². The normalized spacial score (nSPS) is 26.6. The zero-order valence-electron chi connectivity index (χ0n) is 18.7. The van der Waals surface area contributed by atoms with Crippen molar-refractivity contribution in [3.63, 3.8) is 0 Å². The number of hydrogen-bond donors (Lipinski definition) is 0. The molecule has 2 fully saturated rings. The second kappa shape index (κ2) is 11.7. The molecule has 0 aliphatic heterocycles. The van der Waals surface area contributed by atoms with Crippen LogP contribution in [-0.2, 0) is 6.42 Å². The molecule has 3 rings (SSSR count). The molecule has 0 aromatic heterocycles. The van der Waals surface area contributed by atoms with Gasteiger partial charge in [-0.25, -0.2) is 8.78 Å². The zero-order chi connectivity index (χ0) is 21.3. The molecule has 2 saturated carbocycles. The van der Waals surface area contributed by atoms with Gasteiger partial charge in [0, 0.05) is 5.92 Å². The van der Waals surface area contributed by atoms with Gasteiger partial charge in [0.1, 0.15) is 11.6 Å². The molecule has 2 aliphatic rings. The molecule has 0 spiro atoms. The summed E-state index contributed by atoms with van der Waals surface area (Å²) in [5.74, 6) is 7.61. The lowest BCUT2D eigenvalue weighted by Crippen LogP contribution is -2.15. The van der Waals surface area contributed by atoms with E-state index in [1.807, 2.05) is 6.08 Å². The van der Waals surface area contributed by atoms with Crippen LogP contribution in [0.3, 0.4) is 0 Å². The van der Waals surface area contributed by atoms with Crippen LogP contribution in [0.1, 0.15) is 95.1 Å². The van der Waals surface area contributed by atoms with Crippen molar-refractivity contribution in [3.05, 3.63) is 47.5 Å². The summed E-state index contributed by atoms with van der Waals surface area (Å²) in [5, 5.41) is 0. The molecule has 2 heteroatoms. The molecule has 164 valence electrons. The van der Waals surface area contributed by atoms with Crippen LogP contribution in [0.4, 0.5) is 8.78 Å². The zero-order valence-corrected chi connectivity index (χ0v) is 18.7. The van der Waals surface area contributed by atoms with E-state index < -0.39 is 11.6 Å². The van der Waals surface area contributed by atoms with E-state index in [9.17, 15) is 8.78 Å². The van der Waals surface area contributed by atoms with Crippen molar-refractivity contribution in [2.24, 2.45) is 23.7 Å². The minimum absolute atomic E-state index is 0.0425. The van der Waals surface area contributed by atoms with E-state index in [0.29, 0.717) is 5.92 Å². The molecule has 1 aromatic rings. The van der Waals surface area contributed by atoms with Crippen LogP contribution in [0.25, 0.3) is 0 Å². The van der Waals surface area contributed by atoms with Crippen LogP contribution in [0.2, 0.25) is 0 Å². The Kier molecular flexibility index (Phi) is 8.98. The first-order chi connectivity index (χ1) is 14.6. The van der Waals surface area contributed by atoms with Crippen molar-refractivity contribution >= 4 is 0 Å². The van der Waals surface area contributed by atoms with Crippen molar-refractivity contribution in [2.45, 2.75) is 90.4 Å². The first kappa shape index (κ1) is 23.1. The van der Waals surface area contributed by atoms with Gasteiger partial charge in [-0.1, -0.05) is 56.9 Å². The highest BCUT2D eigenvalue weighted by atomic mass is 19.1. The molecule has 1 aromatic carbocycles. The average molecular weight is 413 g/mol. The van der Waals surface area contributed by atoms with E-state index in [1.54, 1.807) is 0 Å². The Balaban J connectivity index is 1.50. The lowest BCUT2D eigenvalue weighted by atomic mass is 9.78. The molecule has 0 nitrogen and oxygen atoms in total. The van der Waals surface area contributed by atoms with Gasteiger partial charge in [-0.05, 0) is 86.8 Å². The smallest absolute Gasteiger partial charge is 0.142 e. The Morgan fingerprint density at radius 2 is 1.47 bits per heavy atom. The lowest BCUT2D eigenvalue weighted by Gasteiger charge is -2.28. The Morgan fingerprint density at radius 3 is 2.03 bits per heavy atom. The summed E-state index contributed by atoms with van der Waals surface area (Å²) in [6.07, 6.45) is 17.0. The summed E-state index contributed by atoms with van der Waals surface area (Å²) < 4.78 is 29.1. The second-order valence-electron chi connectivity index (χ2n) is 9.62. The standard InChI is InChI=1S/C28H38F2/c1-3-5-6-22-11-13-23(14-12-22)15-16-25-19-27(29)26(28(30)20-25)18-17-24-9-7-21(4-2)8-10-24/h3,19-24H,1,4-16H2,2H3/t21-,22-,23-,24-.